The minimum absolute atomic E-state index is 0.198. The van der Waals surface area contributed by atoms with Gasteiger partial charge in [-0.15, -0.1) is 0 Å². The van der Waals surface area contributed by atoms with Crippen LogP contribution in [-0.4, -0.2) is 86.7 Å². The van der Waals surface area contributed by atoms with Crippen LogP contribution in [0.2, 0.25) is 0 Å². The molecule has 3 rings (SSSR count). The smallest absolute Gasteiger partial charge is 0.223 e. The van der Waals surface area contributed by atoms with E-state index in [2.05, 4.69) is 27.4 Å². The molecule has 3 fully saturated rings. The molecule has 0 spiro atoms. The van der Waals surface area contributed by atoms with Crippen molar-refractivity contribution in [2.45, 2.75) is 32.2 Å². The molecular formula is C17H31N5O2. The van der Waals surface area contributed by atoms with Crippen LogP contribution in [0.1, 0.15) is 26.2 Å². The van der Waals surface area contributed by atoms with E-state index < -0.39 is 0 Å². The number of likely N-dealkylation sites (tertiary alicyclic amines) is 1. The largest absolute Gasteiger partial charge is 0.379 e. The highest BCUT2D eigenvalue weighted by atomic mass is 16.5. The third kappa shape index (κ3) is 4.83. The Bertz CT molecular complexity index is 446. The number of hydrogen-bond acceptors (Lipinski definition) is 4. The fourth-order valence-electron chi connectivity index (χ4n) is 3.43. The van der Waals surface area contributed by atoms with Crippen molar-refractivity contribution in [3.05, 3.63) is 0 Å². The van der Waals surface area contributed by atoms with Crippen molar-refractivity contribution >= 4 is 11.9 Å². The fourth-order valence-corrected chi connectivity index (χ4v) is 3.43. The van der Waals surface area contributed by atoms with Gasteiger partial charge in [0.05, 0.1) is 19.8 Å². The molecule has 24 heavy (non-hydrogen) atoms. The van der Waals surface area contributed by atoms with Crippen LogP contribution in [0.5, 0.6) is 0 Å². The molecule has 0 aromatic heterocycles. The Hall–Kier alpha value is -1.34. The molecule has 2 saturated heterocycles. The van der Waals surface area contributed by atoms with Gasteiger partial charge >= 0.3 is 0 Å². The molecule has 0 aromatic rings. The van der Waals surface area contributed by atoms with E-state index >= 15 is 0 Å². The van der Waals surface area contributed by atoms with Crippen molar-refractivity contribution in [3.8, 4) is 0 Å². The maximum atomic E-state index is 11.6. The molecule has 1 amide bonds. The van der Waals surface area contributed by atoms with Crippen molar-refractivity contribution in [3.63, 3.8) is 0 Å². The molecule has 0 aromatic carbocycles. The number of aliphatic imine (C=N–C) groups is 1. The second-order valence-corrected chi connectivity index (χ2v) is 6.84. The number of rotatable bonds is 6. The second kappa shape index (κ2) is 8.67. The van der Waals surface area contributed by atoms with E-state index in [4.69, 9.17) is 9.73 Å². The molecule has 2 N–H and O–H groups in total. The Morgan fingerprint density at radius 2 is 1.96 bits per heavy atom. The van der Waals surface area contributed by atoms with E-state index in [-0.39, 0.29) is 11.8 Å². The Labute approximate surface area is 144 Å². The highest BCUT2D eigenvalue weighted by Crippen LogP contribution is 2.28. The number of carbonyl (C=O) groups is 1. The topological polar surface area (TPSA) is 69.2 Å². The zero-order chi connectivity index (χ0) is 16.8. The van der Waals surface area contributed by atoms with Crippen LogP contribution in [0.25, 0.3) is 0 Å². The first-order chi connectivity index (χ1) is 11.8. The lowest BCUT2D eigenvalue weighted by atomic mass is 10.2. The van der Waals surface area contributed by atoms with Gasteiger partial charge in [-0.3, -0.25) is 14.7 Å². The summed E-state index contributed by atoms with van der Waals surface area (Å²) in [7, 11) is 0. The van der Waals surface area contributed by atoms with Gasteiger partial charge in [-0.05, 0) is 26.2 Å². The molecule has 7 nitrogen and oxygen atoms in total. The zero-order valence-electron chi connectivity index (χ0n) is 14.8. The first-order valence-electron chi connectivity index (χ1n) is 9.40. The molecule has 136 valence electrons. The number of nitrogens with one attached hydrogen (secondary N) is 2. The Balaban J connectivity index is 1.45. The molecule has 1 unspecified atom stereocenters. The van der Waals surface area contributed by atoms with Gasteiger partial charge in [-0.2, -0.15) is 0 Å². The first kappa shape index (κ1) is 17.5. The predicted molar refractivity (Wildman–Crippen MR) is 94.1 cm³/mol. The molecule has 0 radical (unpaired) electrons. The maximum absolute atomic E-state index is 11.6. The van der Waals surface area contributed by atoms with Gasteiger partial charge in [-0.1, -0.05) is 0 Å². The summed E-state index contributed by atoms with van der Waals surface area (Å²) in [6, 6.07) is 0.604. The van der Waals surface area contributed by atoms with Crippen LogP contribution in [-0.2, 0) is 9.53 Å². The highest BCUT2D eigenvalue weighted by molar-refractivity contribution is 5.81. The average Bonchev–Trinajstić information content (AvgIpc) is 3.35. The summed E-state index contributed by atoms with van der Waals surface area (Å²) in [4.78, 5) is 21.2. The summed E-state index contributed by atoms with van der Waals surface area (Å²) < 4.78 is 5.45. The van der Waals surface area contributed by atoms with Crippen molar-refractivity contribution in [2.75, 3.05) is 59.0 Å². The molecule has 7 heteroatoms. The number of amides is 1. The monoisotopic (exact) mass is 337 g/mol. The Morgan fingerprint density at radius 1 is 1.17 bits per heavy atom. The zero-order valence-corrected chi connectivity index (χ0v) is 14.8. The normalized spacial score (nSPS) is 25.8. The van der Waals surface area contributed by atoms with Gasteiger partial charge in [0.1, 0.15) is 0 Å². The number of nitrogens with zero attached hydrogens (tertiary/aromatic N) is 3. The summed E-state index contributed by atoms with van der Waals surface area (Å²) >= 11 is 0. The lowest BCUT2D eigenvalue weighted by Crippen LogP contribution is -2.46. The Kier molecular flexibility index (Phi) is 6.31. The summed E-state index contributed by atoms with van der Waals surface area (Å²) in [5.41, 5.74) is 0. The van der Waals surface area contributed by atoms with Crippen LogP contribution in [0.15, 0.2) is 4.99 Å². The quantitative estimate of drug-likeness (QED) is 0.402. The van der Waals surface area contributed by atoms with Crippen LogP contribution >= 0.6 is 0 Å². The van der Waals surface area contributed by atoms with Crippen molar-refractivity contribution in [1.82, 2.24) is 20.4 Å². The molecule has 1 aliphatic carbocycles. The average molecular weight is 337 g/mol. The fraction of sp³-hybridized carbons (Fsp3) is 0.882. The van der Waals surface area contributed by atoms with E-state index in [9.17, 15) is 4.79 Å². The van der Waals surface area contributed by atoms with Gasteiger partial charge in [0.2, 0.25) is 5.91 Å². The molecule has 3 aliphatic rings. The standard InChI is InChI=1S/C17H31N5O2/c1-2-18-17(20-7-6-19-16(23)14-3-4-14)22-8-5-15(13-22)21-9-11-24-12-10-21/h14-15H,2-13H2,1H3,(H,18,20)(H,19,23). The molecule has 1 atom stereocenters. The van der Waals surface area contributed by atoms with Gasteiger partial charge in [0.25, 0.3) is 0 Å². The van der Waals surface area contributed by atoms with Crippen LogP contribution in [0, 0.1) is 5.92 Å². The Morgan fingerprint density at radius 3 is 2.67 bits per heavy atom. The van der Waals surface area contributed by atoms with Gasteiger partial charge < -0.3 is 20.3 Å². The number of carbonyl (C=O) groups excluding carboxylic acids is 1. The van der Waals surface area contributed by atoms with Crippen molar-refractivity contribution < 1.29 is 9.53 Å². The number of hydrogen-bond donors (Lipinski definition) is 2. The molecule has 2 aliphatic heterocycles. The molecular weight excluding hydrogens is 306 g/mol. The molecule has 1 saturated carbocycles. The maximum Gasteiger partial charge on any atom is 0.223 e. The van der Waals surface area contributed by atoms with Crippen LogP contribution in [0.4, 0.5) is 0 Å². The number of guanidine groups is 1. The lowest BCUT2D eigenvalue weighted by molar-refractivity contribution is -0.122. The van der Waals surface area contributed by atoms with E-state index in [0.29, 0.717) is 19.1 Å². The second-order valence-electron chi connectivity index (χ2n) is 6.84. The lowest BCUT2D eigenvalue weighted by Gasteiger charge is -2.32. The number of morpholine rings is 1. The van der Waals surface area contributed by atoms with E-state index in [1.54, 1.807) is 0 Å². The minimum atomic E-state index is 0.198. The third-order valence-corrected chi connectivity index (χ3v) is 4.98. The van der Waals surface area contributed by atoms with Crippen LogP contribution in [0.3, 0.4) is 0 Å². The van der Waals surface area contributed by atoms with E-state index in [1.165, 1.54) is 6.42 Å². The summed E-state index contributed by atoms with van der Waals surface area (Å²) in [5.74, 6) is 1.45. The number of ether oxygens (including phenoxy) is 1. The summed E-state index contributed by atoms with van der Waals surface area (Å²) in [5, 5.41) is 6.37. The molecule has 0 bridgehead atoms. The predicted octanol–water partition coefficient (Wildman–Crippen LogP) is -0.115. The third-order valence-electron chi connectivity index (χ3n) is 4.98. The first-order valence-corrected chi connectivity index (χ1v) is 9.40. The van der Waals surface area contributed by atoms with E-state index in [1.807, 2.05) is 0 Å². The molecule has 2 heterocycles. The van der Waals surface area contributed by atoms with Gasteiger partial charge in [0, 0.05) is 51.2 Å². The van der Waals surface area contributed by atoms with E-state index in [0.717, 1.165) is 64.7 Å². The highest BCUT2D eigenvalue weighted by Gasteiger charge is 2.30. The van der Waals surface area contributed by atoms with Crippen molar-refractivity contribution in [1.29, 1.82) is 0 Å². The summed E-state index contributed by atoms with van der Waals surface area (Å²) in [6.07, 6.45) is 3.28. The van der Waals surface area contributed by atoms with Gasteiger partial charge in [-0.25, -0.2) is 0 Å². The van der Waals surface area contributed by atoms with Crippen molar-refractivity contribution in [2.24, 2.45) is 10.9 Å². The van der Waals surface area contributed by atoms with Crippen LogP contribution < -0.4 is 10.6 Å². The van der Waals surface area contributed by atoms with Gasteiger partial charge in [0.15, 0.2) is 5.96 Å². The summed E-state index contributed by atoms with van der Waals surface area (Å²) in [6.45, 7) is 10.1. The minimum Gasteiger partial charge on any atom is -0.379 e. The SMILES string of the molecule is CCNC(=NCCNC(=O)C1CC1)N1CCC(N2CCOCC2)C1.